The van der Waals surface area contributed by atoms with Gasteiger partial charge in [0.2, 0.25) is 0 Å². The minimum atomic E-state index is 0. The van der Waals surface area contributed by atoms with Gasteiger partial charge in [0.05, 0.1) is 21.6 Å². The molecule has 21 heavy (non-hydrogen) atoms. The van der Waals surface area contributed by atoms with E-state index in [-0.39, 0.29) is 12.4 Å². The third-order valence-corrected chi connectivity index (χ3v) is 5.57. The molecule has 1 saturated heterocycles. The fraction of sp³-hybridized carbons (Fsp3) is 0.357. The Morgan fingerprint density at radius 2 is 2.05 bits per heavy atom. The Morgan fingerprint density at radius 3 is 2.71 bits per heavy atom. The maximum absolute atomic E-state index is 6.35. The molecule has 4 nitrogen and oxygen atoms in total. The van der Waals surface area contributed by atoms with Crippen molar-refractivity contribution in [3.05, 3.63) is 22.5 Å². The number of aromatic nitrogens is 3. The number of rotatable bonds is 1. The molecule has 110 valence electrons. The van der Waals surface area contributed by atoms with Crippen molar-refractivity contribution in [1.82, 2.24) is 15.2 Å². The third-order valence-electron chi connectivity index (χ3n) is 3.92. The van der Waals surface area contributed by atoms with Crippen molar-refractivity contribution in [1.29, 1.82) is 0 Å². The van der Waals surface area contributed by atoms with Crippen molar-refractivity contribution in [2.45, 2.75) is 20.3 Å². The van der Waals surface area contributed by atoms with Gasteiger partial charge in [-0.05, 0) is 25.8 Å². The van der Waals surface area contributed by atoms with Crippen molar-refractivity contribution in [2.24, 2.45) is 0 Å². The maximum Gasteiger partial charge on any atom is 0.169 e. The molecule has 0 amide bonds. The second-order valence-electron chi connectivity index (χ2n) is 5.17. The highest BCUT2D eigenvalue weighted by atomic mass is 35.5. The summed E-state index contributed by atoms with van der Waals surface area (Å²) >= 11 is 8.04. The number of fused-ring (bicyclic) bond motifs is 3. The second kappa shape index (κ2) is 5.23. The van der Waals surface area contributed by atoms with Gasteiger partial charge in [-0.2, -0.15) is 5.10 Å². The highest BCUT2D eigenvalue weighted by Crippen LogP contribution is 2.41. The molecule has 3 aromatic heterocycles. The number of anilines is 1. The van der Waals surface area contributed by atoms with E-state index in [1.54, 1.807) is 11.3 Å². The predicted molar refractivity (Wildman–Crippen MR) is 91.3 cm³/mol. The van der Waals surface area contributed by atoms with Crippen LogP contribution >= 0.6 is 35.3 Å². The van der Waals surface area contributed by atoms with Crippen LogP contribution < -0.4 is 4.90 Å². The molecule has 0 saturated carbocycles. The van der Waals surface area contributed by atoms with Crippen molar-refractivity contribution < 1.29 is 0 Å². The highest BCUT2D eigenvalue weighted by Gasteiger charge is 2.22. The summed E-state index contributed by atoms with van der Waals surface area (Å²) in [7, 11) is 0. The molecule has 4 rings (SSSR count). The van der Waals surface area contributed by atoms with Gasteiger partial charge >= 0.3 is 0 Å². The monoisotopic (exact) mass is 340 g/mol. The van der Waals surface area contributed by atoms with Crippen LogP contribution in [0.5, 0.6) is 0 Å². The number of pyridine rings is 1. The molecule has 0 bridgehead atoms. The topological polar surface area (TPSA) is 41.9 Å². The van der Waals surface area contributed by atoms with Crippen LogP contribution in [0.2, 0.25) is 5.02 Å². The lowest BCUT2D eigenvalue weighted by atomic mass is 10.1. The molecule has 1 aliphatic heterocycles. The smallest absolute Gasteiger partial charge is 0.169 e. The van der Waals surface area contributed by atoms with Gasteiger partial charge in [-0.15, -0.1) is 28.8 Å². The zero-order valence-electron chi connectivity index (χ0n) is 11.7. The van der Waals surface area contributed by atoms with Gasteiger partial charge in [0.1, 0.15) is 4.83 Å². The van der Waals surface area contributed by atoms with Gasteiger partial charge < -0.3 is 4.90 Å². The Balaban J connectivity index is 0.00000132. The average molecular weight is 341 g/mol. The third kappa shape index (κ3) is 2.06. The highest BCUT2D eigenvalue weighted by molar-refractivity contribution is 7.26. The van der Waals surface area contributed by atoms with E-state index in [9.17, 15) is 0 Å². The maximum atomic E-state index is 6.35. The summed E-state index contributed by atoms with van der Waals surface area (Å²) in [5.41, 5.74) is 1.97. The van der Waals surface area contributed by atoms with Crippen LogP contribution in [0.25, 0.3) is 20.3 Å². The Bertz CT molecular complexity index is 842. The van der Waals surface area contributed by atoms with Crippen LogP contribution in [0.3, 0.4) is 0 Å². The number of hydrogen-bond acceptors (Lipinski definition) is 5. The van der Waals surface area contributed by atoms with E-state index >= 15 is 0 Å². The Hall–Kier alpha value is -1.17. The fourth-order valence-electron chi connectivity index (χ4n) is 2.67. The van der Waals surface area contributed by atoms with Gasteiger partial charge in [-0.1, -0.05) is 11.6 Å². The minimum Gasteiger partial charge on any atom is -0.354 e. The summed E-state index contributed by atoms with van der Waals surface area (Å²) in [5.74, 6) is 0.991. The lowest BCUT2D eigenvalue weighted by Gasteiger charge is -2.31. The summed E-state index contributed by atoms with van der Waals surface area (Å²) in [5, 5.41) is 11.5. The minimum absolute atomic E-state index is 0. The first-order valence-electron chi connectivity index (χ1n) is 6.62. The van der Waals surface area contributed by atoms with E-state index in [1.165, 1.54) is 11.1 Å². The predicted octanol–water partition coefficient (Wildman–Crippen LogP) is 4.14. The molecule has 1 fully saturated rings. The van der Waals surface area contributed by atoms with Crippen LogP contribution in [-0.2, 0) is 0 Å². The average Bonchev–Trinajstić information content (AvgIpc) is 2.73. The van der Waals surface area contributed by atoms with Crippen LogP contribution in [0.4, 0.5) is 5.82 Å². The summed E-state index contributed by atoms with van der Waals surface area (Å²) in [6.45, 7) is 6.13. The van der Waals surface area contributed by atoms with E-state index in [1.807, 2.05) is 13.1 Å². The summed E-state index contributed by atoms with van der Waals surface area (Å²) in [6, 6.07) is 0. The standard InChI is InChI=1S/C14H13ClN4S.ClH/c1-7-10-9-6-16-18-13(19-4-3-5-19)12(9)20-14(10)17-8(2)11(7)15;/h6H,3-5H2,1-2H3;1H. The lowest BCUT2D eigenvalue weighted by Crippen LogP contribution is -2.37. The zero-order valence-corrected chi connectivity index (χ0v) is 14.1. The van der Waals surface area contributed by atoms with E-state index in [2.05, 4.69) is 27.0 Å². The molecule has 0 aromatic carbocycles. The van der Waals surface area contributed by atoms with Crippen LogP contribution in [-0.4, -0.2) is 28.3 Å². The first kappa shape index (κ1) is 14.8. The quantitative estimate of drug-likeness (QED) is 0.667. The van der Waals surface area contributed by atoms with Crippen LogP contribution in [0.15, 0.2) is 6.20 Å². The SMILES string of the molecule is Cc1nc2sc3c(N4CCC4)nncc3c2c(C)c1Cl.Cl. The van der Waals surface area contributed by atoms with Gasteiger partial charge in [-0.25, -0.2) is 4.98 Å². The normalized spacial score (nSPS) is 14.3. The summed E-state index contributed by atoms with van der Waals surface area (Å²) < 4.78 is 1.17. The van der Waals surface area contributed by atoms with E-state index in [0.29, 0.717) is 0 Å². The van der Waals surface area contributed by atoms with E-state index in [4.69, 9.17) is 11.6 Å². The Kier molecular flexibility index (Phi) is 3.67. The Labute approximate surface area is 137 Å². The van der Waals surface area contributed by atoms with Gasteiger partial charge in [0, 0.05) is 23.9 Å². The second-order valence-corrected chi connectivity index (χ2v) is 6.55. The molecule has 0 spiro atoms. The fourth-order valence-corrected chi connectivity index (χ4v) is 4.07. The molecule has 0 radical (unpaired) electrons. The van der Waals surface area contributed by atoms with Crippen molar-refractivity contribution >= 4 is 61.5 Å². The number of thiophene rings is 1. The van der Waals surface area contributed by atoms with Crippen LogP contribution in [0, 0.1) is 13.8 Å². The lowest BCUT2D eigenvalue weighted by molar-refractivity contribution is 0.608. The molecule has 1 aliphatic rings. The Morgan fingerprint density at radius 1 is 1.29 bits per heavy atom. The van der Waals surface area contributed by atoms with Crippen LogP contribution in [0.1, 0.15) is 17.7 Å². The van der Waals surface area contributed by atoms with Gasteiger partial charge in [0.15, 0.2) is 5.82 Å². The molecular weight excluding hydrogens is 327 g/mol. The molecule has 7 heteroatoms. The van der Waals surface area contributed by atoms with Gasteiger partial charge in [-0.3, -0.25) is 0 Å². The molecule has 0 N–H and O–H groups in total. The molecule has 0 atom stereocenters. The van der Waals surface area contributed by atoms with E-state index in [0.717, 1.165) is 50.8 Å². The molecule has 3 aromatic rings. The number of nitrogens with zero attached hydrogens (tertiary/aromatic N) is 4. The largest absolute Gasteiger partial charge is 0.354 e. The molecule has 0 unspecified atom stereocenters. The van der Waals surface area contributed by atoms with E-state index < -0.39 is 0 Å². The van der Waals surface area contributed by atoms with Crippen molar-refractivity contribution in [3.8, 4) is 0 Å². The first-order valence-corrected chi connectivity index (χ1v) is 7.82. The summed E-state index contributed by atoms with van der Waals surface area (Å²) in [4.78, 5) is 7.93. The summed E-state index contributed by atoms with van der Waals surface area (Å²) in [6.07, 6.45) is 3.06. The zero-order chi connectivity index (χ0) is 13.9. The number of hydrogen-bond donors (Lipinski definition) is 0. The van der Waals surface area contributed by atoms with Gasteiger partial charge in [0.25, 0.3) is 0 Å². The number of aryl methyl sites for hydroxylation is 2. The van der Waals surface area contributed by atoms with Crippen molar-refractivity contribution in [2.75, 3.05) is 18.0 Å². The van der Waals surface area contributed by atoms with Crippen molar-refractivity contribution in [3.63, 3.8) is 0 Å². The molecular formula is C14H14Cl2N4S. The number of halogens is 2. The first-order chi connectivity index (χ1) is 9.66. The molecule has 0 aliphatic carbocycles. The molecule has 4 heterocycles.